The Hall–Kier alpha value is -2.31. The summed E-state index contributed by atoms with van der Waals surface area (Å²) in [4.78, 5) is 17.4. The largest absolute Gasteiger partial charge is 0.382 e. The fourth-order valence-electron chi connectivity index (χ4n) is 3.50. The highest BCUT2D eigenvalue weighted by molar-refractivity contribution is 5.97. The molecule has 1 aromatic heterocycles. The SMILES string of the molecule is Cc1cc(C(=O)NCC2CCC2)nc2c(C(C)(C)C)cc(NCCF)cc12.FCF. The Bertz CT molecular complexity index is 861. The number of benzene rings is 1. The number of nitrogens with zero attached hydrogens (tertiary/aromatic N) is 1. The van der Waals surface area contributed by atoms with Crippen molar-refractivity contribution in [2.45, 2.75) is 52.4 Å². The van der Waals surface area contributed by atoms with Gasteiger partial charge in [-0.05, 0) is 60.4 Å². The molecule has 0 unspecified atom stereocenters. The highest BCUT2D eigenvalue weighted by Gasteiger charge is 2.22. The molecule has 1 saturated carbocycles. The molecule has 1 amide bonds. The zero-order valence-corrected chi connectivity index (χ0v) is 18.2. The Balaban J connectivity index is 0.00000101. The molecule has 1 aliphatic rings. The minimum absolute atomic E-state index is 0.105. The molecule has 0 spiro atoms. The summed E-state index contributed by atoms with van der Waals surface area (Å²) < 4.78 is 31.8. The van der Waals surface area contributed by atoms with Crippen molar-refractivity contribution in [2.75, 3.05) is 32.0 Å². The lowest BCUT2D eigenvalue weighted by Crippen LogP contribution is -2.32. The lowest BCUT2D eigenvalue weighted by molar-refractivity contribution is 0.0934. The number of hydrogen-bond acceptors (Lipinski definition) is 3. The summed E-state index contributed by atoms with van der Waals surface area (Å²) in [6, 6.07) is 5.88. The second kappa shape index (κ2) is 10.6. The van der Waals surface area contributed by atoms with E-state index in [1.165, 1.54) is 19.3 Å². The highest BCUT2D eigenvalue weighted by atomic mass is 19.3. The van der Waals surface area contributed by atoms with Gasteiger partial charge in [0, 0.05) is 24.2 Å². The Morgan fingerprint density at radius 2 is 1.83 bits per heavy atom. The molecule has 1 heterocycles. The second-order valence-electron chi connectivity index (χ2n) is 8.72. The third kappa shape index (κ3) is 6.09. The molecule has 2 N–H and O–H groups in total. The zero-order valence-electron chi connectivity index (χ0n) is 18.2. The van der Waals surface area contributed by atoms with Crippen LogP contribution in [0.2, 0.25) is 0 Å². The number of alkyl halides is 3. The first-order valence-corrected chi connectivity index (χ1v) is 10.4. The van der Waals surface area contributed by atoms with E-state index in [0.29, 0.717) is 11.6 Å². The standard InChI is InChI=1S/C22H30FN3O.CH2F2/c1-14-10-19(21(27)25-13-15-6-5-7-15)26-20-17(14)11-16(24-9-8-23)12-18(20)22(2,3)4;2-1-3/h10-12,15,24H,5-9,13H2,1-4H3,(H,25,27);1H2. The number of nitrogens with one attached hydrogen (secondary N) is 2. The predicted octanol–water partition coefficient (Wildman–Crippen LogP) is 5.63. The zero-order chi connectivity index (χ0) is 22.3. The number of pyridine rings is 1. The first kappa shape index (κ1) is 24.0. The minimum atomic E-state index is -1.75. The summed E-state index contributed by atoms with van der Waals surface area (Å²) in [5, 5.41) is 7.16. The summed E-state index contributed by atoms with van der Waals surface area (Å²) >= 11 is 0. The van der Waals surface area contributed by atoms with E-state index in [4.69, 9.17) is 4.98 Å². The summed E-state index contributed by atoms with van der Waals surface area (Å²) in [6.07, 6.45) is 3.67. The van der Waals surface area contributed by atoms with Crippen molar-refractivity contribution >= 4 is 22.5 Å². The monoisotopic (exact) mass is 423 g/mol. The van der Waals surface area contributed by atoms with Crippen molar-refractivity contribution in [3.05, 3.63) is 35.0 Å². The summed E-state index contributed by atoms with van der Waals surface area (Å²) in [5.41, 5.74) is 4.11. The van der Waals surface area contributed by atoms with Gasteiger partial charge >= 0.3 is 0 Å². The summed E-state index contributed by atoms with van der Waals surface area (Å²) in [7, 11) is 0. The molecule has 4 nitrogen and oxygen atoms in total. The Morgan fingerprint density at radius 3 is 2.37 bits per heavy atom. The first-order chi connectivity index (χ1) is 14.2. The molecule has 1 aromatic carbocycles. The van der Waals surface area contributed by atoms with E-state index in [1.54, 1.807) is 0 Å². The van der Waals surface area contributed by atoms with E-state index >= 15 is 0 Å². The molecule has 3 rings (SSSR count). The van der Waals surface area contributed by atoms with Crippen LogP contribution in [0.15, 0.2) is 18.2 Å². The van der Waals surface area contributed by atoms with Gasteiger partial charge in [0.2, 0.25) is 6.93 Å². The third-order valence-corrected chi connectivity index (χ3v) is 5.36. The van der Waals surface area contributed by atoms with E-state index in [-0.39, 0.29) is 17.9 Å². The molecule has 1 aliphatic carbocycles. The van der Waals surface area contributed by atoms with Gasteiger partial charge in [0.25, 0.3) is 5.91 Å². The molecule has 0 aliphatic heterocycles. The van der Waals surface area contributed by atoms with Gasteiger partial charge in [-0.3, -0.25) is 4.79 Å². The number of carbonyl (C=O) groups is 1. The van der Waals surface area contributed by atoms with Crippen LogP contribution in [0.5, 0.6) is 0 Å². The van der Waals surface area contributed by atoms with Gasteiger partial charge in [-0.1, -0.05) is 27.2 Å². The summed E-state index contributed by atoms with van der Waals surface area (Å²) in [6.45, 7) is 7.22. The van der Waals surface area contributed by atoms with Gasteiger partial charge in [-0.25, -0.2) is 18.2 Å². The first-order valence-electron chi connectivity index (χ1n) is 10.4. The van der Waals surface area contributed by atoms with Crippen LogP contribution in [0.25, 0.3) is 10.9 Å². The number of carbonyl (C=O) groups excluding carboxylic acids is 1. The number of halogens is 3. The summed E-state index contributed by atoms with van der Waals surface area (Å²) in [5.74, 6) is 0.510. The van der Waals surface area contributed by atoms with Crippen molar-refractivity contribution in [1.29, 1.82) is 0 Å². The van der Waals surface area contributed by atoms with Crippen molar-refractivity contribution in [3.63, 3.8) is 0 Å². The third-order valence-electron chi connectivity index (χ3n) is 5.36. The quantitative estimate of drug-likeness (QED) is 0.633. The molecule has 0 bridgehead atoms. The number of aryl methyl sites for hydroxylation is 1. The fraction of sp³-hybridized carbons (Fsp3) is 0.565. The van der Waals surface area contributed by atoms with Gasteiger partial charge < -0.3 is 10.6 Å². The lowest BCUT2D eigenvalue weighted by Gasteiger charge is -2.25. The van der Waals surface area contributed by atoms with E-state index in [0.717, 1.165) is 34.3 Å². The van der Waals surface area contributed by atoms with Crippen LogP contribution in [0.4, 0.5) is 18.9 Å². The normalized spacial score (nSPS) is 14.0. The van der Waals surface area contributed by atoms with Gasteiger partial charge in [0.15, 0.2) is 0 Å². The van der Waals surface area contributed by atoms with Crippen LogP contribution in [-0.4, -0.2) is 37.6 Å². The van der Waals surface area contributed by atoms with E-state index < -0.39 is 13.6 Å². The highest BCUT2D eigenvalue weighted by Crippen LogP contribution is 2.34. The molecule has 2 aromatic rings. The van der Waals surface area contributed by atoms with Crippen molar-refractivity contribution in [3.8, 4) is 0 Å². The smallest absolute Gasteiger partial charge is 0.269 e. The Morgan fingerprint density at radius 1 is 1.17 bits per heavy atom. The molecular weight excluding hydrogens is 391 g/mol. The van der Waals surface area contributed by atoms with E-state index in [2.05, 4.69) is 31.4 Å². The predicted molar refractivity (Wildman–Crippen MR) is 116 cm³/mol. The van der Waals surface area contributed by atoms with E-state index in [9.17, 15) is 18.0 Å². The fourth-order valence-corrected chi connectivity index (χ4v) is 3.50. The van der Waals surface area contributed by atoms with Gasteiger partial charge in [0.1, 0.15) is 12.4 Å². The van der Waals surface area contributed by atoms with Gasteiger partial charge in [-0.15, -0.1) is 0 Å². The molecule has 30 heavy (non-hydrogen) atoms. The maximum atomic E-state index is 12.6. The number of fused-ring (bicyclic) bond motifs is 1. The van der Waals surface area contributed by atoms with Crippen molar-refractivity contribution in [2.24, 2.45) is 5.92 Å². The van der Waals surface area contributed by atoms with Crippen LogP contribution in [0.3, 0.4) is 0 Å². The molecule has 166 valence electrons. The van der Waals surface area contributed by atoms with Crippen LogP contribution in [0, 0.1) is 12.8 Å². The van der Waals surface area contributed by atoms with Crippen molar-refractivity contribution < 1.29 is 18.0 Å². The second-order valence-corrected chi connectivity index (χ2v) is 8.72. The molecule has 0 atom stereocenters. The molecule has 1 fully saturated rings. The minimum Gasteiger partial charge on any atom is -0.382 e. The number of anilines is 1. The Labute approximate surface area is 176 Å². The molecular formula is C23H32F3N3O. The molecule has 7 heteroatoms. The van der Waals surface area contributed by atoms with Crippen LogP contribution < -0.4 is 10.6 Å². The molecule has 0 radical (unpaired) electrons. The van der Waals surface area contributed by atoms with Crippen LogP contribution in [0.1, 0.15) is 61.6 Å². The molecule has 0 saturated heterocycles. The number of amides is 1. The van der Waals surface area contributed by atoms with E-state index in [1.807, 2.05) is 25.1 Å². The average molecular weight is 424 g/mol. The number of aromatic nitrogens is 1. The Kier molecular flexibility index (Phi) is 8.50. The van der Waals surface area contributed by atoms with Crippen LogP contribution in [-0.2, 0) is 5.41 Å². The topological polar surface area (TPSA) is 54.0 Å². The van der Waals surface area contributed by atoms with Crippen molar-refractivity contribution in [1.82, 2.24) is 10.3 Å². The maximum absolute atomic E-state index is 12.6. The van der Waals surface area contributed by atoms with Crippen LogP contribution >= 0.6 is 0 Å². The van der Waals surface area contributed by atoms with Gasteiger partial charge in [-0.2, -0.15) is 0 Å². The lowest BCUT2D eigenvalue weighted by atomic mass is 9.84. The number of rotatable bonds is 6. The maximum Gasteiger partial charge on any atom is 0.269 e. The number of hydrogen-bond donors (Lipinski definition) is 2. The van der Waals surface area contributed by atoms with Gasteiger partial charge in [0.05, 0.1) is 5.52 Å². The average Bonchev–Trinajstić information content (AvgIpc) is 2.64.